The molecule has 0 aliphatic rings. The standard InChI is InChI=1S/C18H12.C17H14N2.C17H11N.C16H13N3.2C16H10N2.4C2H6/c1-2-8-14-13(7-1)15-9-3-4-11-17(15)18-12-6-5-10-16(14)18;1-13-18-16(14-8-4-2-5-9-14)12-17(19-13)15-10-6-3-7-11-15;1-2-7-14-12(5-1)13-6-3-4-8-15(13)17-11-18-10-9-16(14)17;1-12-17-15(13-8-4-2-5-9-13)19-16(18-12)14-10-6-3-7-11-14;1-3-7-13-11(5-1)12-6-2-4-8-14(12)16-15(13)17-9-10-18-16;1-2-7-13-11(5-1)12-6-3-4-8-14(12)16-15(13)9-17-10-18-16;4*1-2/h1-12H;2-12H,1H3;1-11H;2-11H,1H3;2*1-10H;4*1-2H3. The van der Waals surface area contributed by atoms with Crippen molar-refractivity contribution in [3.63, 3.8) is 0 Å². The highest BCUT2D eigenvalue weighted by atomic mass is 15.0. The quantitative estimate of drug-likeness (QED) is 0.157. The maximum Gasteiger partial charge on any atom is 0.163 e. The van der Waals surface area contributed by atoms with Gasteiger partial charge in [0, 0.05) is 80.2 Å². The van der Waals surface area contributed by atoms with E-state index < -0.39 is 0 Å². The Kier molecular flexibility index (Phi) is 27.8. The van der Waals surface area contributed by atoms with Crippen LogP contribution >= 0.6 is 0 Å². The SMILES string of the molecule is CC.CC.CC.CC.Cc1nc(-c2ccccc2)cc(-c2ccccc2)n1.Cc1nc(-c2ccccc2)nc(-c2ccccc2)n1.c1ccc2c(c1)c1ccccc1c1ccccc21.c1ccc2c(c1)c1ccccc1c1cnccc21.c1ccc2c(c1)c1ccccc1c1nccnc21.c1ccc2c(c1)c1ccccc1c1ncncc21. The molecule has 0 atom stereocenters. The zero-order valence-electron chi connectivity index (χ0n) is 68.4. The number of benzene rings is 17. The first-order valence-corrected chi connectivity index (χ1v) is 40.7. The fraction of sp³-hybridized carbons (Fsp3) is 0.0926. The van der Waals surface area contributed by atoms with Crippen molar-refractivity contribution in [2.45, 2.75) is 69.2 Å². The molecule has 5 heterocycles. The van der Waals surface area contributed by atoms with E-state index in [1.807, 2.05) is 203 Å². The van der Waals surface area contributed by atoms with Crippen LogP contribution in [0.25, 0.3) is 175 Å². The van der Waals surface area contributed by atoms with E-state index in [-0.39, 0.29) is 0 Å². The molecule has 22 rings (SSSR count). The van der Waals surface area contributed by atoms with Crippen LogP contribution in [-0.4, -0.2) is 49.8 Å². The van der Waals surface area contributed by atoms with E-state index in [2.05, 4.69) is 286 Å². The van der Waals surface area contributed by atoms with Crippen LogP contribution in [0.5, 0.6) is 0 Å². The minimum Gasteiger partial charge on any atom is -0.264 e. The summed E-state index contributed by atoms with van der Waals surface area (Å²) in [5.74, 6) is 2.95. The first-order chi connectivity index (χ1) is 58.5. The molecule has 5 aromatic heterocycles. The third-order valence-electron chi connectivity index (χ3n) is 19.7. The van der Waals surface area contributed by atoms with Crippen molar-refractivity contribution < 1.29 is 0 Å². The predicted octanol–water partition coefficient (Wildman–Crippen LogP) is 29.3. The molecule has 10 nitrogen and oxygen atoms in total. The van der Waals surface area contributed by atoms with Gasteiger partial charge in [0.2, 0.25) is 0 Å². The molecule has 22 aromatic rings. The van der Waals surface area contributed by atoms with E-state index in [1.165, 1.54) is 108 Å². The Morgan fingerprint density at radius 1 is 0.178 bits per heavy atom. The van der Waals surface area contributed by atoms with Crippen LogP contribution < -0.4 is 0 Å². The second kappa shape index (κ2) is 40.3. The van der Waals surface area contributed by atoms with Crippen molar-refractivity contribution in [1.29, 1.82) is 0 Å². The number of fused-ring (bicyclic) bond motifs is 24. The van der Waals surface area contributed by atoms with Gasteiger partial charge in [0.05, 0.1) is 27.9 Å². The average molecular weight is 1530 g/mol. The van der Waals surface area contributed by atoms with E-state index in [0.717, 1.165) is 67.2 Å². The molecule has 0 aliphatic heterocycles. The second-order valence-electron chi connectivity index (χ2n) is 26.5. The Hall–Kier alpha value is -14.7. The summed E-state index contributed by atoms with van der Waals surface area (Å²) in [7, 11) is 0. The van der Waals surface area contributed by atoms with Crippen molar-refractivity contribution in [3.05, 3.63) is 401 Å². The molecule has 0 fully saturated rings. The summed E-state index contributed by atoms with van der Waals surface area (Å²) < 4.78 is 0. The van der Waals surface area contributed by atoms with Crippen LogP contribution in [-0.2, 0) is 0 Å². The van der Waals surface area contributed by atoms with E-state index in [0.29, 0.717) is 11.6 Å². The van der Waals surface area contributed by atoms with Crippen LogP contribution in [0.4, 0.5) is 0 Å². The van der Waals surface area contributed by atoms with Gasteiger partial charge in [-0.3, -0.25) is 15.0 Å². The van der Waals surface area contributed by atoms with Gasteiger partial charge < -0.3 is 0 Å². The van der Waals surface area contributed by atoms with Crippen LogP contribution in [0.1, 0.15) is 67.0 Å². The molecule has 0 saturated carbocycles. The third-order valence-corrected chi connectivity index (χ3v) is 19.7. The zero-order valence-corrected chi connectivity index (χ0v) is 68.4. The molecule has 0 bridgehead atoms. The van der Waals surface area contributed by atoms with E-state index >= 15 is 0 Å². The summed E-state index contributed by atoms with van der Waals surface area (Å²) in [6.07, 6.45) is 10.8. The predicted molar refractivity (Wildman–Crippen MR) is 503 cm³/mol. The lowest BCUT2D eigenvalue weighted by molar-refractivity contribution is 0.992. The van der Waals surface area contributed by atoms with Gasteiger partial charge in [-0.15, -0.1) is 0 Å². The van der Waals surface area contributed by atoms with Gasteiger partial charge >= 0.3 is 0 Å². The first kappa shape index (κ1) is 81.3. The lowest BCUT2D eigenvalue weighted by atomic mass is 9.95. The lowest BCUT2D eigenvalue weighted by Gasteiger charge is -2.09. The van der Waals surface area contributed by atoms with Crippen molar-refractivity contribution in [1.82, 2.24) is 49.8 Å². The number of pyridine rings is 1. The van der Waals surface area contributed by atoms with Crippen molar-refractivity contribution in [2.24, 2.45) is 0 Å². The summed E-state index contributed by atoms with van der Waals surface area (Å²) in [6.45, 7) is 19.8. The molecule has 0 unspecified atom stereocenters. The van der Waals surface area contributed by atoms with Gasteiger partial charge in [-0.1, -0.05) is 395 Å². The van der Waals surface area contributed by atoms with Crippen LogP contribution in [0.2, 0.25) is 0 Å². The molecule has 17 aromatic carbocycles. The van der Waals surface area contributed by atoms with Gasteiger partial charge in [0.15, 0.2) is 11.6 Å². The largest absolute Gasteiger partial charge is 0.264 e. The maximum atomic E-state index is 4.55. The lowest BCUT2D eigenvalue weighted by Crippen LogP contribution is -1.99. The Bertz CT molecular complexity index is 5340. The topological polar surface area (TPSA) is 129 Å². The van der Waals surface area contributed by atoms with Gasteiger partial charge in [-0.25, -0.2) is 34.9 Å². The molecule has 118 heavy (non-hydrogen) atoms. The van der Waals surface area contributed by atoms with Crippen LogP contribution in [0, 0.1) is 13.8 Å². The highest BCUT2D eigenvalue weighted by Crippen LogP contribution is 2.38. The number of hydrogen-bond acceptors (Lipinski definition) is 10. The molecular formula is C108H94N10. The number of rotatable bonds is 4. The molecule has 0 radical (unpaired) electrons. The van der Waals surface area contributed by atoms with E-state index in [1.54, 1.807) is 18.7 Å². The fourth-order valence-electron chi connectivity index (χ4n) is 14.8. The minimum atomic E-state index is 0.715. The summed E-state index contributed by atoms with van der Waals surface area (Å²) in [5, 5.41) is 26.6. The highest BCUT2D eigenvalue weighted by Gasteiger charge is 2.14. The van der Waals surface area contributed by atoms with Gasteiger partial charge in [-0.05, 0) is 112 Å². The Labute approximate surface area is 690 Å². The molecule has 0 N–H and O–H groups in total. The molecule has 0 amide bonds. The summed E-state index contributed by atoms with van der Waals surface area (Å²) >= 11 is 0. The van der Waals surface area contributed by atoms with Crippen LogP contribution in [0.3, 0.4) is 0 Å². The summed E-state index contributed by atoms with van der Waals surface area (Å²) in [4.78, 5) is 44.3. The maximum absolute atomic E-state index is 4.55. The average Bonchev–Trinajstić information content (AvgIpc) is 0.768. The van der Waals surface area contributed by atoms with Crippen LogP contribution in [0.15, 0.2) is 389 Å². The van der Waals surface area contributed by atoms with Crippen molar-refractivity contribution >= 4 is 130 Å². The third kappa shape index (κ3) is 18.1. The van der Waals surface area contributed by atoms with E-state index in [9.17, 15) is 0 Å². The number of aryl methyl sites for hydroxylation is 2. The number of aromatic nitrogens is 10. The fourth-order valence-corrected chi connectivity index (χ4v) is 14.8. The first-order valence-electron chi connectivity index (χ1n) is 40.7. The van der Waals surface area contributed by atoms with Crippen molar-refractivity contribution in [3.8, 4) is 45.3 Å². The van der Waals surface area contributed by atoms with Gasteiger partial charge in [-0.2, -0.15) is 0 Å². The molecule has 0 saturated heterocycles. The molecule has 576 valence electrons. The van der Waals surface area contributed by atoms with Gasteiger partial charge in [0.25, 0.3) is 0 Å². The molecule has 0 spiro atoms. The second-order valence-corrected chi connectivity index (χ2v) is 26.5. The molecular weight excluding hydrogens is 1440 g/mol. The Morgan fingerprint density at radius 3 is 0.737 bits per heavy atom. The Balaban J connectivity index is 0.000000121. The molecule has 10 heteroatoms. The zero-order chi connectivity index (χ0) is 82.0. The number of nitrogens with zero attached hydrogens (tertiary/aromatic N) is 10. The van der Waals surface area contributed by atoms with E-state index in [4.69, 9.17) is 0 Å². The minimum absolute atomic E-state index is 0.715. The Morgan fingerprint density at radius 2 is 0.415 bits per heavy atom. The monoisotopic (exact) mass is 1530 g/mol. The highest BCUT2D eigenvalue weighted by molar-refractivity contribution is 6.27. The normalized spacial score (nSPS) is 10.5. The van der Waals surface area contributed by atoms with Crippen molar-refractivity contribution in [2.75, 3.05) is 0 Å². The number of hydrogen-bond donors (Lipinski definition) is 0. The van der Waals surface area contributed by atoms with Gasteiger partial charge in [0.1, 0.15) is 18.0 Å². The molecule has 0 aliphatic carbocycles. The smallest absolute Gasteiger partial charge is 0.163 e. The summed E-state index contributed by atoms with van der Waals surface area (Å²) in [6, 6.07) is 121. The summed E-state index contributed by atoms with van der Waals surface area (Å²) in [5.41, 5.74) is 9.16.